The third kappa shape index (κ3) is 4.78. The van der Waals surface area contributed by atoms with Crippen LogP contribution >= 0.6 is 0 Å². The maximum absolute atomic E-state index is 12.7. The molecule has 2 atom stereocenters. The minimum Gasteiger partial charge on any atom is -0.465 e. The zero-order chi connectivity index (χ0) is 20.1. The normalized spacial score (nSPS) is 20.0. The number of amides is 1. The molecule has 0 aromatic heterocycles. The molecule has 5 heteroatoms. The van der Waals surface area contributed by atoms with E-state index in [4.69, 9.17) is 4.74 Å². The molecular weight excluding hydrogens is 352 g/mol. The van der Waals surface area contributed by atoms with Crippen LogP contribution < -0.4 is 0 Å². The van der Waals surface area contributed by atoms with Gasteiger partial charge in [-0.15, -0.1) is 0 Å². The van der Waals surface area contributed by atoms with E-state index in [-0.39, 0.29) is 24.0 Å². The van der Waals surface area contributed by atoms with Crippen LogP contribution in [0, 0.1) is 0 Å². The van der Waals surface area contributed by atoms with Crippen molar-refractivity contribution in [3.05, 3.63) is 71.3 Å². The molecule has 28 heavy (non-hydrogen) atoms. The van der Waals surface area contributed by atoms with Crippen molar-refractivity contribution in [3.63, 3.8) is 0 Å². The quantitative estimate of drug-likeness (QED) is 0.748. The molecule has 2 aromatic carbocycles. The number of benzene rings is 2. The van der Waals surface area contributed by atoms with Crippen LogP contribution in [0.3, 0.4) is 0 Å². The molecule has 3 rings (SSSR count). The molecule has 0 aliphatic carbocycles. The van der Waals surface area contributed by atoms with Crippen molar-refractivity contribution in [2.45, 2.75) is 38.9 Å². The van der Waals surface area contributed by atoms with E-state index in [0.29, 0.717) is 12.0 Å². The van der Waals surface area contributed by atoms with Crippen LogP contribution in [0.15, 0.2) is 54.6 Å². The van der Waals surface area contributed by atoms with Crippen LogP contribution in [0.25, 0.3) is 0 Å². The lowest BCUT2D eigenvalue weighted by molar-refractivity contribution is -0.135. The van der Waals surface area contributed by atoms with Crippen LogP contribution in [0.1, 0.15) is 35.3 Å². The first-order valence-corrected chi connectivity index (χ1v) is 9.72. The van der Waals surface area contributed by atoms with Gasteiger partial charge in [0.15, 0.2) is 0 Å². The highest BCUT2D eigenvalue weighted by Crippen LogP contribution is 2.20. The van der Waals surface area contributed by atoms with E-state index in [1.165, 1.54) is 7.11 Å². The second-order valence-electron chi connectivity index (χ2n) is 7.52. The minimum absolute atomic E-state index is 0.187. The van der Waals surface area contributed by atoms with Crippen molar-refractivity contribution in [2.75, 3.05) is 20.2 Å². The zero-order valence-corrected chi connectivity index (χ0v) is 16.8. The van der Waals surface area contributed by atoms with Crippen LogP contribution in [0.4, 0.5) is 0 Å². The number of ether oxygens (including phenoxy) is 1. The van der Waals surface area contributed by atoms with E-state index >= 15 is 0 Å². The fourth-order valence-corrected chi connectivity index (χ4v) is 3.83. The molecule has 5 nitrogen and oxygen atoms in total. The van der Waals surface area contributed by atoms with E-state index in [0.717, 1.165) is 30.8 Å². The monoisotopic (exact) mass is 380 g/mol. The summed E-state index contributed by atoms with van der Waals surface area (Å²) in [6.07, 6.45) is 0.454. The summed E-state index contributed by atoms with van der Waals surface area (Å²) in [4.78, 5) is 28.7. The standard InChI is InChI=1S/C23H28N2O3/c1-17-14-24(22(26)13-19-7-5-4-6-8-19)15-18(2)25(17)16-20-9-11-21(12-10-20)23(27)28-3/h4-12,17-18H,13-16H2,1-3H3/t17-,18+. The average Bonchev–Trinajstić information content (AvgIpc) is 2.71. The lowest BCUT2D eigenvalue weighted by Gasteiger charge is -2.44. The zero-order valence-electron chi connectivity index (χ0n) is 16.8. The summed E-state index contributed by atoms with van der Waals surface area (Å²) in [5.74, 6) is -0.134. The summed E-state index contributed by atoms with van der Waals surface area (Å²) in [5, 5.41) is 0. The molecule has 1 aliphatic heterocycles. The lowest BCUT2D eigenvalue weighted by atomic mass is 10.0. The van der Waals surface area contributed by atoms with Crippen molar-refractivity contribution in [1.29, 1.82) is 0 Å². The number of hydrogen-bond donors (Lipinski definition) is 0. The van der Waals surface area contributed by atoms with Gasteiger partial charge in [0.2, 0.25) is 5.91 Å². The van der Waals surface area contributed by atoms with Gasteiger partial charge < -0.3 is 9.64 Å². The second-order valence-corrected chi connectivity index (χ2v) is 7.52. The fraction of sp³-hybridized carbons (Fsp3) is 0.391. The number of piperazine rings is 1. The molecule has 1 aliphatic rings. The number of carbonyl (C=O) groups excluding carboxylic acids is 2. The van der Waals surface area contributed by atoms with E-state index < -0.39 is 0 Å². The molecule has 1 amide bonds. The smallest absolute Gasteiger partial charge is 0.337 e. The van der Waals surface area contributed by atoms with E-state index in [9.17, 15) is 9.59 Å². The Labute approximate surface area is 166 Å². The summed E-state index contributed by atoms with van der Waals surface area (Å²) in [6.45, 7) is 6.60. The average molecular weight is 380 g/mol. The minimum atomic E-state index is -0.321. The first-order valence-electron chi connectivity index (χ1n) is 9.72. The molecular formula is C23H28N2O3. The number of carbonyl (C=O) groups is 2. The summed E-state index contributed by atoms with van der Waals surface area (Å²) in [6, 6.07) is 18.0. The third-order valence-electron chi connectivity index (χ3n) is 5.39. The Morgan fingerprint density at radius 2 is 1.54 bits per heavy atom. The number of rotatable bonds is 5. The van der Waals surface area contributed by atoms with Gasteiger partial charge >= 0.3 is 5.97 Å². The van der Waals surface area contributed by atoms with Gasteiger partial charge in [-0.2, -0.15) is 0 Å². The fourth-order valence-electron chi connectivity index (χ4n) is 3.83. The molecule has 2 aromatic rings. The van der Waals surface area contributed by atoms with Crippen LogP contribution in [-0.2, 0) is 22.5 Å². The van der Waals surface area contributed by atoms with Crippen molar-refractivity contribution >= 4 is 11.9 Å². The maximum Gasteiger partial charge on any atom is 0.337 e. The number of hydrogen-bond acceptors (Lipinski definition) is 4. The van der Waals surface area contributed by atoms with Gasteiger partial charge in [-0.3, -0.25) is 9.69 Å². The van der Waals surface area contributed by atoms with Crippen LogP contribution in [0.2, 0.25) is 0 Å². The van der Waals surface area contributed by atoms with Crippen molar-refractivity contribution in [1.82, 2.24) is 9.80 Å². The predicted octanol–water partition coefficient (Wildman–Crippen LogP) is 3.14. The first kappa shape index (κ1) is 20.1. The van der Waals surface area contributed by atoms with Crippen LogP contribution in [0.5, 0.6) is 0 Å². The number of nitrogens with zero attached hydrogens (tertiary/aromatic N) is 2. The van der Waals surface area contributed by atoms with Gasteiger partial charge in [0.1, 0.15) is 0 Å². The molecule has 0 unspecified atom stereocenters. The molecule has 1 fully saturated rings. The van der Waals surface area contributed by atoms with E-state index in [1.54, 1.807) is 12.1 Å². The SMILES string of the molecule is COC(=O)c1ccc(CN2[C@H](C)CN(C(=O)Cc3ccccc3)C[C@@H]2C)cc1. The Hall–Kier alpha value is -2.66. The Balaban J connectivity index is 1.60. The van der Waals surface area contributed by atoms with Crippen molar-refractivity contribution < 1.29 is 14.3 Å². The maximum atomic E-state index is 12.7. The molecule has 0 spiro atoms. The first-order chi connectivity index (χ1) is 13.5. The Kier molecular flexibility index (Phi) is 6.47. The van der Waals surface area contributed by atoms with Gasteiger partial charge in [0, 0.05) is 31.7 Å². The molecule has 0 N–H and O–H groups in total. The largest absolute Gasteiger partial charge is 0.465 e. The lowest BCUT2D eigenvalue weighted by Crippen LogP contribution is -2.57. The van der Waals surface area contributed by atoms with Crippen molar-refractivity contribution in [3.8, 4) is 0 Å². The molecule has 1 heterocycles. The Morgan fingerprint density at radius 1 is 0.929 bits per heavy atom. The van der Waals surface area contributed by atoms with E-state index in [1.807, 2.05) is 47.4 Å². The highest BCUT2D eigenvalue weighted by Gasteiger charge is 2.31. The molecule has 1 saturated heterocycles. The summed E-state index contributed by atoms with van der Waals surface area (Å²) >= 11 is 0. The van der Waals surface area contributed by atoms with Gasteiger partial charge in [0.25, 0.3) is 0 Å². The summed E-state index contributed by atoms with van der Waals surface area (Å²) < 4.78 is 4.75. The number of esters is 1. The molecule has 0 radical (unpaired) electrons. The highest BCUT2D eigenvalue weighted by molar-refractivity contribution is 5.89. The van der Waals surface area contributed by atoms with Gasteiger partial charge in [-0.25, -0.2) is 4.79 Å². The Morgan fingerprint density at radius 3 is 2.11 bits per heavy atom. The second kappa shape index (κ2) is 9.02. The Bertz CT molecular complexity index is 792. The van der Waals surface area contributed by atoms with Gasteiger partial charge in [-0.05, 0) is 37.1 Å². The summed E-state index contributed by atoms with van der Waals surface area (Å²) in [7, 11) is 1.39. The van der Waals surface area contributed by atoms with Gasteiger partial charge in [0.05, 0.1) is 19.1 Å². The van der Waals surface area contributed by atoms with Crippen LogP contribution in [-0.4, -0.2) is 54.0 Å². The molecule has 148 valence electrons. The molecule has 0 saturated carbocycles. The van der Waals surface area contributed by atoms with Crippen molar-refractivity contribution in [2.24, 2.45) is 0 Å². The third-order valence-corrected chi connectivity index (χ3v) is 5.39. The van der Waals surface area contributed by atoms with Gasteiger partial charge in [-0.1, -0.05) is 42.5 Å². The summed E-state index contributed by atoms with van der Waals surface area (Å²) in [5.41, 5.74) is 2.76. The molecule has 0 bridgehead atoms. The predicted molar refractivity (Wildman–Crippen MR) is 109 cm³/mol. The van der Waals surface area contributed by atoms with E-state index in [2.05, 4.69) is 18.7 Å². The highest BCUT2D eigenvalue weighted by atomic mass is 16.5. The number of methoxy groups -OCH3 is 1. The topological polar surface area (TPSA) is 49.9 Å².